The molecule has 216 valence electrons. The number of aliphatic hydroxyl groups excluding tert-OH is 2. The van der Waals surface area contributed by atoms with Crippen molar-refractivity contribution in [2.24, 2.45) is 11.8 Å². The van der Waals surface area contributed by atoms with E-state index in [1.54, 1.807) is 19.1 Å². The first-order chi connectivity index (χ1) is 18.4. The number of hydrogen-bond acceptors (Lipinski definition) is 6. The summed E-state index contributed by atoms with van der Waals surface area (Å²) in [4.78, 5) is 25.8. The maximum Gasteiger partial charge on any atom is 0.251 e. The highest BCUT2D eigenvalue weighted by molar-refractivity contribution is 7.90. The zero-order valence-corrected chi connectivity index (χ0v) is 24.2. The van der Waals surface area contributed by atoms with Gasteiger partial charge in [0.2, 0.25) is 15.9 Å². The molecule has 5 atom stereocenters. The molecule has 0 radical (unpaired) electrons. The van der Waals surface area contributed by atoms with Crippen molar-refractivity contribution in [2.75, 3.05) is 13.1 Å². The number of carbonyl (C=O) groups excluding carboxylic acids is 2. The first-order valence-electron chi connectivity index (χ1n) is 13.7. The van der Waals surface area contributed by atoms with E-state index in [0.717, 1.165) is 18.4 Å². The van der Waals surface area contributed by atoms with Crippen LogP contribution in [0.5, 0.6) is 0 Å². The minimum atomic E-state index is -3.56. The predicted molar refractivity (Wildman–Crippen MR) is 151 cm³/mol. The van der Waals surface area contributed by atoms with Gasteiger partial charge in [-0.25, -0.2) is 12.7 Å². The van der Waals surface area contributed by atoms with Crippen molar-refractivity contribution < 1.29 is 28.2 Å². The Kier molecular flexibility index (Phi) is 10.5. The lowest BCUT2D eigenvalue weighted by molar-refractivity contribution is -0.132. The maximum atomic E-state index is 13.1. The summed E-state index contributed by atoms with van der Waals surface area (Å²) in [6.45, 7) is 8.40. The van der Waals surface area contributed by atoms with E-state index in [0.29, 0.717) is 31.6 Å². The molecule has 39 heavy (non-hydrogen) atoms. The highest BCUT2D eigenvalue weighted by Gasteiger charge is 2.43. The summed E-state index contributed by atoms with van der Waals surface area (Å²) in [6.07, 6.45) is 4.13. The van der Waals surface area contributed by atoms with Gasteiger partial charge in [-0.2, -0.15) is 0 Å². The fourth-order valence-electron chi connectivity index (χ4n) is 4.98. The van der Waals surface area contributed by atoms with E-state index >= 15 is 0 Å². The molecule has 1 aliphatic carbocycles. The Labute approximate surface area is 232 Å². The van der Waals surface area contributed by atoms with Gasteiger partial charge in [-0.05, 0) is 44.1 Å². The van der Waals surface area contributed by atoms with Crippen LogP contribution in [0.15, 0.2) is 54.1 Å². The molecule has 1 saturated heterocycles. The number of aliphatic hydroxyl groups is 2. The summed E-state index contributed by atoms with van der Waals surface area (Å²) < 4.78 is 26.7. The third-order valence-corrected chi connectivity index (χ3v) is 10.2. The number of rotatable bonds is 12. The molecule has 1 aliphatic heterocycles. The molecule has 0 saturated carbocycles. The van der Waals surface area contributed by atoms with Gasteiger partial charge >= 0.3 is 0 Å². The van der Waals surface area contributed by atoms with Crippen LogP contribution in [0.3, 0.4) is 0 Å². The predicted octanol–water partition coefficient (Wildman–Crippen LogP) is 2.26. The lowest BCUT2D eigenvalue weighted by Crippen LogP contribution is -2.53. The van der Waals surface area contributed by atoms with Gasteiger partial charge in [0.05, 0.1) is 18.1 Å². The molecule has 1 heterocycles. The zero-order valence-electron chi connectivity index (χ0n) is 23.3. The van der Waals surface area contributed by atoms with E-state index in [2.05, 4.69) is 10.6 Å². The lowest BCUT2D eigenvalue weighted by Gasteiger charge is -2.33. The van der Waals surface area contributed by atoms with Gasteiger partial charge in [0, 0.05) is 25.2 Å². The second-order valence-electron chi connectivity index (χ2n) is 11.3. The molecule has 4 N–H and O–H groups in total. The third-order valence-electron chi connectivity index (χ3n) is 7.64. The minimum absolute atomic E-state index is 0.0872. The van der Waals surface area contributed by atoms with E-state index in [1.807, 2.05) is 44.2 Å². The number of allylic oxidation sites excluding steroid dienone is 1. The number of benzene rings is 1. The van der Waals surface area contributed by atoms with Crippen molar-refractivity contribution in [1.29, 1.82) is 0 Å². The molecule has 1 aromatic rings. The normalized spacial score (nSPS) is 23.1. The summed E-state index contributed by atoms with van der Waals surface area (Å²) >= 11 is 0. The number of hydrogen-bond donors (Lipinski definition) is 4. The quantitative estimate of drug-likeness (QED) is 0.309. The molecule has 0 bridgehead atoms. The number of amides is 2. The smallest absolute Gasteiger partial charge is 0.251 e. The van der Waals surface area contributed by atoms with Crippen LogP contribution in [0.1, 0.15) is 58.9 Å². The highest BCUT2D eigenvalue weighted by Crippen LogP contribution is 2.33. The summed E-state index contributed by atoms with van der Waals surface area (Å²) in [5.74, 6) is -1.70. The zero-order chi connectivity index (χ0) is 28.8. The second kappa shape index (κ2) is 13.2. The first kappa shape index (κ1) is 31.0. The van der Waals surface area contributed by atoms with Gasteiger partial charge in [-0.15, -0.1) is 0 Å². The molecular formula is C29H43N3O6S. The Balaban J connectivity index is 1.63. The Morgan fingerprint density at radius 3 is 2.26 bits per heavy atom. The van der Waals surface area contributed by atoms with Crippen molar-refractivity contribution in [3.63, 3.8) is 0 Å². The molecule has 2 amide bonds. The average Bonchev–Trinajstić information content (AvgIpc) is 3.47. The van der Waals surface area contributed by atoms with Crippen molar-refractivity contribution in [2.45, 2.75) is 82.9 Å². The molecule has 1 unspecified atom stereocenters. The van der Waals surface area contributed by atoms with Gasteiger partial charge in [0.15, 0.2) is 0 Å². The molecule has 9 nitrogen and oxygen atoms in total. The standard InChI is InChI=1S/C29H43N3O6S/c1-20(2)18-24(26(34)25(33)21(3)27(35)30-19-22-10-6-5-7-11-22)31-28(36)23-12-14-29(4,15-13-23)39(37,38)32-16-8-9-17-32/h5-7,10-14,20-21,24-26,33-34H,8-9,15-19H2,1-4H3,(H,30,35)(H,31,36)/t21-,24+,25-,26-,29?/m1/s1. The molecule has 10 heteroatoms. The highest BCUT2D eigenvalue weighted by atomic mass is 32.2. The number of carbonyl (C=O) groups is 2. The molecule has 1 aromatic carbocycles. The Hall–Kier alpha value is -2.53. The molecule has 2 aliphatic rings. The van der Waals surface area contributed by atoms with Crippen LogP contribution in [-0.2, 0) is 26.2 Å². The van der Waals surface area contributed by atoms with Crippen LogP contribution in [0.4, 0.5) is 0 Å². The van der Waals surface area contributed by atoms with E-state index < -0.39 is 50.8 Å². The largest absolute Gasteiger partial charge is 0.390 e. The van der Waals surface area contributed by atoms with Crippen molar-refractivity contribution in [3.05, 3.63) is 59.7 Å². The summed E-state index contributed by atoms with van der Waals surface area (Å²) in [5, 5.41) is 27.5. The fraction of sp³-hybridized carbons (Fsp3) is 0.586. The summed E-state index contributed by atoms with van der Waals surface area (Å²) in [5.41, 5.74) is 1.21. The maximum absolute atomic E-state index is 13.1. The minimum Gasteiger partial charge on any atom is -0.390 e. The van der Waals surface area contributed by atoms with Gasteiger partial charge < -0.3 is 20.8 Å². The Bertz CT molecular complexity index is 1160. The molecule has 3 rings (SSSR count). The van der Waals surface area contributed by atoms with Crippen LogP contribution >= 0.6 is 0 Å². The SMILES string of the molecule is CC(C)C[C@H](NC(=O)C1=CCC(C)(S(=O)(=O)N2CCCC2)C=C1)[C@@H](O)[C@H](O)[C@@H](C)C(=O)NCc1ccccc1. The van der Waals surface area contributed by atoms with Crippen molar-refractivity contribution in [3.8, 4) is 0 Å². The monoisotopic (exact) mass is 561 g/mol. The molecule has 1 fully saturated rings. The molecule has 0 spiro atoms. The van der Waals surface area contributed by atoms with E-state index in [9.17, 15) is 28.2 Å². The third kappa shape index (κ3) is 7.57. The number of nitrogens with one attached hydrogen (secondary N) is 2. The Morgan fingerprint density at radius 2 is 1.69 bits per heavy atom. The number of sulfonamides is 1. The van der Waals surface area contributed by atoms with E-state index in [-0.39, 0.29) is 12.3 Å². The van der Waals surface area contributed by atoms with Crippen LogP contribution in [0.2, 0.25) is 0 Å². The van der Waals surface area contributed by atoms with Crippen LogP contribution < -0.4 is 10.6 Å². The second-order valence-corrected chi connectivity index (χ2v) is 13.7. The van der Waals surface area contributed by atoms with E-state index in [1.165, 1.54) is 17.3 Å². The molecular weight excluding hydrogens is 518 g/mol. The Morgan fingerprint density at radius 1 is 1.05 bits per heavy atom. The van der Waals surface area contributed by atoms with Gasteiger partial charge in [-0.3, -0.25) is 9.59 Å². The van der Waals surface area contributed by atoms with Gasteiger partial charge in [-0.1, -0.05) is 69.3 Å². The van der Waals surface area contributed by atoms with Crippen molar-refractivity contribution in [1.82, 2.24) is 14.9 Å². The molecule has 0 aromatic heterocycles. The van der Waals surface area contributed by atoms with Gasteiger partial charge in [0.25, 0.3) is 5.91 Å². The topological polar surface area (TPSA) is 136 Å². The van der Waals surface area contributed by atoms with Gasteiger partial charge in [0.1, 0.15) is 10.9 Å². The number of nitrogens with zero attached hydrogens (tertiary/aromatic N) is 1. The van der Waals surface area contributed by atoms with Crippen molar-refractivity contribution >= 4 is 21.8 Å². The average molecular weight is 562 g/mol. The van der Waals surface area contributed by atoms with Crippen LogP contribution in [-0.4, -0.2) is 70.8 Å². The first-order valence-corrected chi connectivity index (χ1v) is 15.2. The van der Waals surface area contributed by atoms with Crippen LogP contribution in [0.25, 0.3) is 0 Å². The van der Waals surface area contributed by atoms with E-state index in [4.69, 9.17) is 0 Å². The summed E-state index contributed by atoms with van der Waals surface area (Å²) in [6, 6.07) is 8.56. The summed E-state index contributed by atoms with van der Waals surface area (Å²) in [7, 11) is -3.56. The fourth-order valence-corrected chi connectivity index (χ4v) is 6.84. The lowest BCUT2D eigenvalue weighted by atomic mass is 9.89. The van der Waals surface area contributed by atoms with Crippen LogP contribution in [0, 0.1) is 11.8 Å².